The van der Waals surface area contributed by atoms with Gasteiger partial charge in [-0.2, -0.15) is 0 Å². The average molecular weight is 361 g/mol. The van der Waals surface area contributed by atoms with E-state index in [-0.39, 0.29) is 5.75 Å². The number of hydrogen-bond acceptors (Lipinski definition) is 7. The Labute approximate surface area is 146 Å². The summed E-state index contributed by atoms with van der Waals surface area (Å²) in [7, 11) is 0. The molecule has 1 atom stereocenters. The van der Waals surface area contributed by atoms with Gasteiger partial charge in [-0.05, 0) is 30.7 Å². The summed E-state index contributed by atoms with van der Waals surface area (Å²) in [6.45, 7) is 0.972. The number of rotatable bonds is 5. The predicted octanol–water partition coefficient (Wildman–Crippen LogP) is 1.37. The van der Waals surface area contributed by atoms with Crippen molar-refractivity contribution in [1.82, 2.24) is 4.98 Å². The van der Waals surface area contributed by atoms with Crippen LogP contribution in [0.2, 0.25) is 0 Å². The Morgan fingerprint density at radius 2 is 2.00 bits per heavy atom. The molecule has 130 valence electrons. The van der Waals surface area contributed by atoms with E-state index in [9.17, 15) is 14.4 Å². The molecule has 1 saturated heterocycles. The van der Waals surface area contributed by atoms with Crippen molar-refractivity contribution >= 4 is 34.3 Å². The quantitative estimate of drug-likeness (QED) is 0.609. The first-order valence-corrected chi connectivity index (χ1v) is 8.31. The van der Waals surface area contributed by atoms with Crippen LogP contribution in [0.25, 0.3) is 0 Å². The molecule has 1 amide bonds. The fourth-order valence-electron chi connectivity index (χ4n) is 2.49. The number of esters is 1. The normalized spacial score (nSPS) is 16.6. The number of ether oxygens (including phenoxy) is 1. The van der Waals surface area contributed by atoms with E-state index < -0.39 is 23.8 Å². The number of hydrogen-bond donors (Lipinski definition) is 2. The third-order valence-corrected chi connectivity index (χ3v) is 4.89. The predicted molar refractivity (Wildman–Crippen MR) is 90.0 cm³/mol. The maximum absolute atomic E-state index is 12.2. The summed E-state index contributed by atoms with van der Waals surface area (Å²) in [4.78, 5) is 40.6. The Balaban J connectivity index is 1.65. The molecule has 0 radical (unpaired) electrons. The number of anilines is 1. The zero-order chi connectivity index (χ0) is 18.0. The van der Waals surface area contributed by atoms with Crippen LogP contribution in [0, 0.1) is 5.92 Å². The first-order valence-electron chi connectivity index (χ1n) is 7.49. The lowest BCUT2D eigenvalue weighted by atomic mass is 10.1. The molecule has 1 unspecified atom stereocenters. The smallest absolute Gasteiger partial charge is 0.355 e. The van der Waals surface area contributed by atoms with Crippen molar-refractivity contribution in [2.24, 2.45) is 11.7 Å². The van der Waals surface area contributed by atoms with Crippen LogP contribution in [0.5, 0.6) is 5.75 Å². The highest BCUT2D eigenvalue weighted by Gasteiger charge is 2.30. The SMILES string of the molecule is NC(=O)c1ccc(OC(=O)c2cnc(N3CCC(C(=O)O)C3)s2)cc1. The summed E-state index contributed by atoms with van der Waals surface area (Å²) >= 11 is 1.15. The van der Waals surface area contributed by atoms with E-state index in [1.807, 2.05) is 4.90 Å². The number of carbonyl (C=O) groups is 3. The van der Waals surface area contributed by atoms with Crippen LogP contribution in [-0.2, 0) is 4.79 Å². The molecule has 1 aromatic heterocycles. The first kappa shape index (κ1) is 16.9. The van der Waals surface area contributed by atoms with Gasteiger partial charge in [-0.3, -0.25) is 9.59 Å². The highest BCUT2D eigenvalue weighted by molar-refractivity contribution is 7.17. The highest BCUT2D eigenvalue weighted by Crippen LogP contribution is 2.29. The van der Waals surface area contributed by atoms with Gasteiger partial charge < -0.3 is 20.5 Å². The van der Waals surface area contributed by atoms with Crippen molar-refractivity contribution in [3.8, 4) is 5.75 Å². The lowest BCUT2D eigenvalue weighted by molar-refractivity contribution is -0.140. The number of thiazole rings is 1. The molecule has 1 fully saturated rings. The van der Waals surface area contributed by atoms with E-state index in [0.29, 0.717) is 35.1 Å². The van der Waals surface area contributed by atoms with Gasteiger partial charge in [-0.25, -0.2) is 9.78 Å². The average Bonchev–Trinajstić information content (AvgIpc) is 3.24. The van der Waals surface area contributed by atoms with Crippen molar-refractivity contribution < 1.29 is 24.2 Å². The number of nitrogens with two attached hydrogens (primary N) is 1. The largest absolute Gasteiger partial charge is 0.481 e. The number of carboxylic acids is 1. The lowest BCUT2D eigenvalue weighted by Crippen LogP contribution is -2.22. The zero-order valence-electron chi connectivity index (χ0n) is 13.0. The van der Waals surface area contributed by atoms with Crippen molar-refractivity contribution in [1.29, 1.82) is 0 Å². The van der Waals surface area contributed by atoms with E-state index in [1.165, 1.54) is 30.5 Å². The minimum absolute atomic E-state index is 0.289. The van der Waals surface area contributed by atoms with Crippen LogP contribution in [-0.4, -0.2) is 41.0 Å². The van der Waals surface area contributed by atoms with Crippen molar-refractivity contribution in [3.63, 3.8) is 0 Å². The number of carboxylic acid groups (broad SMARTS) is 1. The van der Waals surface area contributed by atoms with Gasteiger partial charge in [-0.1, -0.05) is 11.3 Å². The van der Waals surface area contributed by atoms with E-state index in [4.69, 9.17) is 15.6 Å². The second-order valence-corrected chi connectivity index (χ2v) is 6.56. The Bertz CT molecular complexity index is 817. The Morgan fingerprint density at radius 1 is 1.28 bits per heavy atom. The van der Waals surface area contributed by atoms with Gasteiger partial charge in [-0.15, -0.1) is 0 Å². The van der Waals surface area contributed by atoms with Crippen LogP contribution >= 0.6 is 11.3 Å². The highest BCUT2D eigenvalue weighted by atomic mass is 32.1. The summed E-state index contributed by atoms with van der Waals surface area (Å²) in [6.07, 6.45) is 1.97. The van der Waals surface area contributed by atoms with Crippen molar-refractivity contribution in [3.05, 3.63) is 40.9 Å². The summed E-state index contributed by atoms with van der Waals surface area (Å²) in [5.74, 6) is -2.07. The van der Waals surface area contributed by atoms with E-state index in [2.05, 4.69) is 4.98 Å². The molecule has 3 rings (SSSR count). The van der Waals surface area contributed by atoms with Gasteiger partial charge in [0.2, 0.25) is 5.91 Å². The minimum Gasteiger partial charge on any atom is -0.481 e. The second-order valence-electron chi connectivity index (χ2n) is 5.56. The number of benzene rings is 1. The number of aromatic nitrogens is 1. The maximum atomic E-state index is 12.2. The van der Waals surface area contributed by atoms with Gasteiger partial charge in [0.05, 0.1) is 12.1 Å². The molecule has 3 N–H and O–H groups in total. The third kappa shape index (κ3) is 3.77. The summed E-state index contributed by atoms with van der Waals surface area (Å²) in [5, 5.41) is 9.64. The van der Waals surface area contributed by atoms with Gasteiger partial charge in [0.25, 0.3) is 0 Å². The summed E-state index contributed by atoms with van der Waals surface area (Å²) in [6, 6.07) is 5.91. The molecule has 2 aromatic rings. The van der Waals surface area contributed by atoms with Gasteiger partial charge in [0, 0.05) is 18.7 Å². The fourth-order valence-corrected chi connectivity index (χ4v) is 3.31. The maximum Gasteiger partial charge on any atom is 0.355 e. The van der Waals surface area contributed by atoms with Crippen LogP contribution in [0.15, 0.2) is 30.5 Å². The van der Waals surface area contributed by atoms with Gasteiger partial charge in [0.1, 0.15) is 10.6 Å². The molecule has 0 aliphatic carbocycles. The standard InChI is InChI=1S/C16H15N3O5S/c17-13(20)9-1-3-11(4-2-9)24-15(23)12-7-18-16(25-12)19-6-5-10(8-19)14(21)22/h1-4,7,10H,5-6,8H2,(H2,17,20)(H,21,22). The van der Waals surface area contributed by atoms with Crippen LogP contribution in [0.1, 0.15) is 26.5 Å². The third-order valence-electron chi connectivity index (χ3n) is 3.85. The molecule has 1 aliphatic heterocycles. The second kappa shape index (κ2) is 6.89. The van der Waals surface area contributed by atoms with Crippen LogP contribution in [0.4, 0.5) is 5.13 Å². The van der Waals surface area contributed by atoms with E-state index in [1.54, 1.807) is 0 Å². The molecular weight excluding hydrogens is 346 g/mol. The van der Waals surface area contributed by atoms with Gasteiger partial charge >= 0.3 is 11.9 Å². The molecule has 2 heterocycles. The first-order chi connectivity index (χ1) is 11.9. The Hall–Kier alpha value is -2.94. The molecule has 1 aromatic carbocycles. The fraction of sp³-hybridized carbons (Fsp3) is 0.250. The summed E-state index contributed by atoms with van der Waals surface area (Å²) in [5.41, 5.74) is 5.47. The Morgan fingerprint density at radius 3 is 2.60 bits per heavy atom. The number of amides is 1. The van der Waals surface area contributed by atoms with E-state index in [0.717, 1.165) is 11.3 Å². The van der Waals surface area contributed by atoms with Crippen LogP contribution < -0.4 is 15.4 Å². The van der Waals surface area contributed by atoms with Crippen molar-refractivity contribution in [2.75, 3.05) is 18.0 Å². The zero-order valence-corrected chi connectivity index (χ0v) is 13.9. The molecule has 25 heavy (non-hydrogen) atoms. The van der Waals surface area contributed by atoms with Crippen LogP contribution in [0.3, 0.4) is 0 Å². The number of primary amides is 1. The number of aliphatic carboxylic acids is 1. The number of nitrogens with zero attached hydrogens (tertiary/aromatic N) is 2. The Kier molecular flexibility index (Phi) is 4.66. The molecule has 0 saturated carbocycles. The molecule has 0 spiro atoms. The number of carbonyl (C=O) groups excluding carboxylic acids is 2. The molecule has 1 aliphatic rings. The monoisotopic (exact) mass is 361 g/mol. The van der Waals surface area contributed by atoms with Crippen molar-refractivity contribution in [2.45, 2.75) is 6.42 Å². The van der Waals surface area contributed by atoms with E-state index >= 15 is 0 Å². The topological polar surface area (TPSA) is 123 Å². The molecule has 9 heteroatoms. The molecular formula is C16H15N3O5S. The summed E-state index contributed by atoms with van der Waals surface area (Å²) < 4.78 is 5.24. The lowest BCUT2D eigenvalue weighted by Gasteiger charge is -2.13. The minimum atomic E-state index is -0.821. The van der Waals surface area contributed by atoms with Gasteiger partial charge in [0.15, 0.2) is 5.13 Å². The molecule has 0 bridgehead atoms. The molecule has 8 nitrogen and oxygen atoms in total.